The second-order valence-corrected chi connectivity index (χ2v) is 4.77. The summed E-state index contributed by atoms with van der Waals surface area (Å²) in [7, 11) is 1.59. The molecule has 1 heterocycles. The molecular formula is C13H13ClN2O3. The number of fused-ring (bicyclic) bond motifs is 1. The summed E-state index contributed by atoms with van der Waals surface area (Å²) < 4.78 is 4.99. The Hall–Kier alpha value is -1.72. The van der Waals surface area contributed by atoms with Crippen LogP contribution in [0.5, 0.6) is 0 Å². The van der Waals surface area contributed by atoms with Crippen LogP contribution < -0.4 is 0 Å². The lowest BCUT2D eigenvalue weighted by atomic mass is 10.0. The van der Waals surface area contributed by atoms with Crippen LogP contribution in [0.4, 0.5) is 5.69 Å². The third kappa shape index (κ3) is 3.00. The predicted octanol–water partition coefficient (Wildman–Crippen LogP) is 2.94. The van der Waals surface area contributed by atoms with Crippen molar-refractivity contribution in [2.45, 2.75) is 11.8 Å². The largest absolute Gasteiger partial charge is 0.383 e. The maximum atomic E-state index is 11.0. The number of nitrogens with zero attached hydrogens (tertiary/aromatic N) is 2. The number of halogens is 1. The molecule has 0 radical (unpaired) electrons. The number of pyridine rings is 1. The molecule has 19 heavy (non-hydrogen) atoms. The van der Waals surface area contributed by atoms with E-state index in [1.165, 1.54) is 6.07 Å². The van der Waals surface area contributed by atoms with Gasteiger partial charge >= 0.3 is 0 Å². The van der Waals surface area contributed by atoms with Gasteiger partial charge in [-0.3, -0.25) is 10.1 Å². The Labute approximate surface area is 115 Å². The lowest BCUT2D eigenvalue weighted by Gasteiger charge is -2.10. The number of rotatable bonds is 5. The zero-order valence-corrected chi connectivity index (χ0v) is 11.1. The Morgan fingerprint density at radius 2 is 2.26 bits per heavy atom. The summed E-state index contributed by atoms with van der Waals surface area (Å²) >= 11 is 6.14. The summed E-state index contributed by atoms with van der Waals surface area (Å²) in [6.07, 6.45) is 2.15. The maximum Gasteiger partial charge on any atom is 0.295 e. The minimum absolute atomic E-state index is 0.0113. The number of para-hydroxylation sites is 1. The highest BCUT2D eigenvalue weighted by atomic mass is 35.5. The standard InChI is InChI=1S/C13H13ClN2O3/c1-19-8-10(14)7-9-5-6-15-13-11(9)3-2-4-12(13)16(17)18/h2-6,10H,7-8H2,1H3. The van der Waals surface area contributed by atoms with Crippen molar-refractivity contribution in [1.82, 2.24) is 4.98 Å². The first-order chi connectivity index (χ1) is 9.13. The van der Waals surface area contributed by atoms with Crippen LogP contribution in [0.25, 0.3) is 10.9 Å². The van der Waals surface area contributed by atoms with Crippen molar-refractivity contribution in [2.24, 2.45) is 0 Å². The first-order valence-electron chi connectivity index (χ1n) is 5.77. The van der Waals surface area contributed by atoms with Crippen molar-refractivity contribution in [3.63, 3.8) is 0 Å². The normalized spacial score (nSPS) is 12.5. The Morgan fingerprint density at radius 1 is 1.47 bits per heavy atom. The molecule has 0 fully saturated rings. The van der Waals surface area contributed by atoms with Crippen LogP contribution in [0.2, 0.25) is 0 Å². The molecule has 0 amide bonds. The van der Waals surface area contributed by atoms with Gasteiger partial charge in [-0.25, -0.2) is 4.98 Å². The summed E-state index contributed by atoms with van der Waals surface area (Å²) in [6.45, 7) is 0.431. The number of methoxy groups -OCH3 is 1. The van der Waals surface area contributed by atoms with Crippen LogP contribution in [-0.4, -0.2) is 29.0 Å². The van der Waals surface area contributed by atoms with Crippen molar-refractivity contribution in [3.8, 4) is 0 Å². The number of nitro benzene ring substituents is 1. The number of hydrogen-bond acceptors (Lipinski definition) is 4. The summed E-state index contributed by atoms with van der Waals surface area (Å²) in [4.78, 5) is 14.6. The molecule has 5 nitrogen and oxygen atoms in total. The molecule has 0 saturated heterocycles. The molecule has 0 spiro atoms. The van der Waals surface area contributed by atoms with Gasteiger partial charge in [0.25, 0.3) is 5.69 Å². The van der Waals surface area contributed by atoms with Crippen LogP contribution in [0.15, 0.2) is 30.5 Å². The average molecular weight is 281 g/mol. The van der Waals surface area contributed by atoms with E-state index in [2.05, 4.69) is 4.98 Å². The first-order valence-corrected chi connectivity index (χ1v) is 6.21. The van der Waals surface area contributed by atoms with Gasteiger partial charge in [0.05, 0.1) is 16.9 Å². The fraction of sp³-hybridized carbons (Fsp3) is 0.308. The van der Waals surface area contributed by atoms with E-state index >= 15 is 0 Å². The highest BCUT2D eigenvalue weighted by Gasteiger charge is 2.15. The molecular weight excluding hydrogens is 268 g/mol. The lowest BCUT2D eigenvalue weighted by Crippen LogP contribution is -2.11. The van der Waals surface area contributed by atoms with Crippen molar-refractivity contribution in [3.05, 3.63) is 46.1 Å². The number of ether oxygens (including phenoxy) is 1. The molecule has 0 aliphatic heterocycles. The Balaban J connectivity index is 2.46. The summed E-state index contributed by atoms with van der Waals surface area (Å²) in [5, 5.41) is 11.6. The fourth-order valence-corrected chi connectivity index (χ4v) is 2.31. The fourth-order valence-electron chi connectivity index (χ4n) is 2.02. The molecule has 1 aromatic heterocycles. The zero-order valence-electron chi connectivity index (χ0n) is 10.4. The van der Waals surface area contributed by atoms with E-state index in [-0.39, 0.29) is 11.1 Å². The Kier molecular flexibility index (Phi) is 4.29. The van der Waals surface area contributed by atoms with Crippen molar-refractivity contribution in [2.75, 3.05) is 13.7 Å². The molecule has 2 aromatic rings. The smallest absolute Gasteiger partial charge is 0.295 e. The minimum Gasteiger partial charge on any atom is -0.383 e. The van der Waals surface area contributed by atoms with Gasteiger partial charge in [-0.15, -0.1) is 11.6 Å². The molecule has 0 saturated carbocycles. The quantitative estimate of drug-likeness (QED) is 0.480. The molecule has 2 rings (SSSR count). The second-order valence-electron chi connectivity index (χ2n) is 4.16. The van der Waals surface area contributed by atoms with Crippen molar-refractivity contribution >= 4 is 28.2 Å². The lowest BCUT2D eigenvalue weighted by molar-refractivity contribution is -0.383. The minimum atomic E-state index is -0.424. The third-order valence-electron chi connectivity index (χ3n) is 2.83. The molecule has 0 N–H and O–H groups in total. The third-order valence-corrected chi connectivity index (χ3v) is 3.11. The van der Waals surface area contributed by atoms with Crippen LogP contribution in [0.1, 0.15) is 5.56 Å². The van der Waals surface area contributed by atoms with Gasteiger partial charge in [0.15, 0.2) is 0 Å². The van der Waals surface area contributed by atoms with E-state index < -0.39 is 4.92 Å². The average Bonchev–Trinajstić information content (AvgIpc) is 2.38. The molecule has 0 bridgehead atoms. The first kappa shape index (κ1) is 13.7. The van der Waals surface area contributed by atoms with Gasteiger partial charge in [0, 0.05) is 24.8 Å². The molecule has 1 unspecified atom stereocenters. The van der Waals surface area contributed by atoms with Gasteiger partial charge in [0.2, 0.25) is 0 Å². The Bertz CT molecular complexity index is 603. The Morgan fingerprint density at radius 3 is 2.95 bits per heavy atom. The van der Waals surface area contributed by atoms with Gasteiger partial charge in [-0.1, -0.05) is 12.1 Å². The summed E-state index contributed by atoms with van der Waals surface area (Å²) in [6, 6.07) is 6.76. The van der Waals surface area contributed by atoms with Crippen LogP contribution in [0.3, 0.4) is 0 Å². The van der Waals surface area contributed by atoms with Crippen molar-refractivity contribution < 1.29 is 9.66 Å². The van der Waals surface area contributed by atoms with Gasteiger partial charge in [0.1, 0.15) is 5.52 Å². The maximum absolute atomic E-state index is 11.0. The molecule has 1 aromatic carbocycles. The second kappa shape index (κ2) is 5.95. The van der Waals surface area contributed by atoms with E-state index in [9.17, 15) is 10.1 Å². The molecule has 6 heteroatoms. The molecule has 1 atom stereocenters. The number of aromatic nitrogens is 1. The van der Waals surface area contributed by atoms with E-state index in [1.807, 2.05) is 12.1 Å². The summed E-state index contributed by atoms with van der Waals surface area (Å²) in [5.74, 6) is 0. The van der Waals surface area contributed by atoms with E-state index in [0.29, 0.717) is 18.5 Å². The van der Waals surface area contributed by atoms with E-state index in [4.69, 9.17) is 16.3 Å². The predicted molar refractivity (Wildman–Crippen MR) is 73.6 cm³/mol. The number of hydrogen-bond donors (Lipinski definition) is 0. The highest BCUT2D eigenvalue weighted by Crippen LogP contribution is 2.26. The topological polar surface area (TPSA) is 65.3 Å². The van der Waals surface area contributed by atoms with Gasteiger partial charge < -0.3 is 4.74 Å². The zero-order chi connectivity index (χ0) is 13.8. The van der Waals surface area contributed by atoms with E-state index in [1.54, 1.807) is 19.4 Å². The van der Waals surface area contributed by atoms with Crippen LogP contribution >= 0.6 is 11.6 Å². The van der Waals surface area contributed by atoms with Crippen LogP contribution in [-0.2, 0) is 11.2 Å². The number of non-ortho nitro benzene ring substituents is 1. The number of benzene rings is 1. The van der Waals surface area contributed by atoms with Crippen LogP contribution in [0, 0.1) is 10.1 Å². The molecule has 0 aliphatic carbocycles. The van der Waals surface area contributed by atoms with Gasteiger partial charge in [-0.2, -0.15) is 0 Å². The van der Waals surface area contributed by atoms with E-state index in [0.717, 1.165) is 10.9 Å². The molecule has 100 valence electrons. The SMILES string of the molecule is COCC(Cl)Cc1ccnc2c([N+](=O)[O-])cccc12. The van der Waals surface area contributed by atoms with Gasteiger partial charge in [-0.05, 0) is 18.1 Å². The molecule has 0 aliphatic rings. The summed E-state index contributed by atoms with van der Waals surface area (Å²) in [5.41, 5.74) is 1.34. The monoisotopic (exact) mass is 280 g/mol. The van der Waals surface area contributed by atoms with Crippen molar-refractivity contribution in [1.29, 1.82) is 0 Å². The highest BCUT2D eigenvalue weighted by molar-refractivity contribution is 6.21. The number of alkyl halides is 1. The number of nitro groups is 1.